The summed E-state index contributed by atoms with van der Waals surface area (Å²) in [6, 6.07) is 12.6. The minimum atomic E-state index is -0.0878. The Morgan fingerprint density at radius 2 is 2.20 bits per heavy atom. The molecule has 134 valence electrons. The average Bonchev–Trinajstić information content (AvgIpc) is 3.12. The summed E-state index contributed by atoms with van der Waals surface area (Å²) in [6.45, 7) is 5.85. The normalized spacial score (nSPS) is 18.2. The molecule has 1 aliphatic heterocycles. The van der Waals surface area contributed by atoms with Gasteiger partial charge in [0, 0.05) is 25.3 Å². The van der Waals surface area contributed by atoms with Gasteiger partial charge in [0.25, 0.3) is 5.91 Å². The Morgan fingerprint density at radius 1 is 1.36 bits per heavy atom. The third kappa shape index (κ3) is 4.92. The standard InChI is InChI=1S/C20H28N4O/c1-2-7-18-14-19(23-22-18)20(25)21-11-13-24-12-6-10-17(15-24)16-8-4-3-5-9-16/h3-5,8-9,14,17H,2,6-7,10-13,15H2,1H3,(H,21,25)(H,22,23)/t17-/m1/s1. The number of amides is 1. The minimum absolute atomic E-state index is 0.0878. The maximum atomic E-state index is 12.2. The minimum Gasteiger partial charge on any atom is -0.349 e. The third-order valence-corrected chi connectivity index (χ3v) is 4.87. The number of aryl methyl sites for hydroxylation is 1. The number of aromatic nitrogens is 2. The van der Waals surface area contributed by atoms with Gasteiger partial charge in [0.1, 0.15) is 5.69 Å². The molecular formula is C20H28N4O. The molecule has 1 aliphatic rings. The molecule has 5 heteroatoms. The lowest BCUT2D eigenvalue weighted by molar-refractivity contribution is 0.0940. The number of likely N-dealkylation sites (tertiary alicyclic amines) is 1. The van der Waals surface area contributed by atoms with E-state index in [0.29, 0.717) is 18.2 Å². The number of H-pyrrole nitrogens is 1. The molecule has 1 saturated heterocycles. The molecule has 1 atom stereocenters. The summed E-state index contributed by atoms with van der Waals surface area (Å²) in [7, 11) is 0. The van der Waals surface area contributed by atoms with Crippen molar-refractivity contribution in [3.05, 3.63) is 53.3 Å². The zero-order chi connectivity index (χ0) is 17.5. The van der Waals surface area contributed by atoms with Crippen LogP contribution in [0, 0.1) is 0 Å². The number of hydrogen-bond donors (Lipinski definition) is 2. The van der Waals surface area contributed by atoms with Crippen LogP contribution in [-0.4, -0.2) is 47.2 Å². The Kier molecular flexibility index (Phi) is 6.23. The summed E-state index contributed by atoms with van der Waals surface area (Å²) in [4.78, 5) is 14.6. The molecule has 0 radical (unpaired) electrons. The van der Waals surface area contributed by atoms with Crippen molar-refractivity contribution in [1.82, 2.24) is 20.4 Å². The summed E-state index contributed by atoms with van der Waals surface area (Å²) in [5, 5.41) is 10.0. The van der Waals surface area contributed by atoms with Gasteiger partial charge in [-0.15, -0.1) is 0 Å². The molecule has 1 fully saturated rings. The van der Waals surface area contributed by atoms with Gasteiger partial charge in [0.2, 0.25) is 0 Å². The topological polar surface area (TPSA) is 61.0 Å². The molecule has 2 heterocycles. The van der Waals surface area contributed by atoms with Gasteiger partial charge in [-0.2, -0.15) is 5.10 Å². The molecule has 2 aromatic rings. The van der Waals surface area contributed by atoms with Gasteiger partial charge < -0.3 is 10.2 Å². The molecule has 1 amide bonds. The summed E-state index contributed by atoms with van der Waals surface area (Å²) in [5.41, 5.74) is 2.94. The van der Waals surface area contributed by atoms with Crippen LogP contribution in [0.4, 0.5) is 0 Å². The molecule has 25 heavy (non-hydrogen) atoms. The van der Waals surface area contributed by atoms with Crippen molar-refractivity contribution in [2.45, 2.75) is 38.5 Å². The van der Waals surface area contributed by atoms with Crippen molar-refractivity contribution in [3.8, 4) is 0 Å². The smallest absolute Gasteiger partial charge is 0.271 e. The van der Waals surface area contributed by atoms with Crippen LogP contribution in [0.2, 0.25) is 0 Å². The van der Waals surface area contributed by atoms with E-state index in [1.54, 1.807) is 0 Å². The molecule has 2 N–H and O–H groups in total. The lowest BCUT2D eigenvalue weighted by Gasteiger charge is -2.33. The maximum Gasteiger partial charge on any atom is 0.271 e. The van der Waals surface area contributed by atoms with Gasteiger partial charge in [0.05, 0.1) is 0 Å². The zero-order valence-electron chi connectivity index (χ0n) is 15.0. The van der Waals surface area contributed by atoms with Crippen molar-refractivity contribution in [1.29, 1.82) is 0 Å². The molecule has 1 aromatic heterocycles. The predicted molar refractivity (Wildman–Crippen MR) is 99.8 cm³/mol. The lowest BCUT2D eigenvalue weighted by atomic mass is 9.91. The second-order valence-corrected chi connectivity index (χ2v) is 6.83. The molecule has 5 nitrogen and oxygen atoms in total. The molecule has 0 unspecified atom stereocenters. The van der Waals surface area contributed by atoms with E-state index in [9.17, 15) is 4.79 Å². The Balaban J connectivity index is 1.44. The monoisotopic (exact) mass is 340 g/mol. The molecule has 0 spiro atoms. The van der Waals surface area contributed by atoms with Crippen LogP contribution >= 0.6 is 0 Å². The number of rotatable bonds is 7. The van der Waals surface area contributed by atoms with Crippen molar-refractivity contribution < 1.29 is 4.79 Å². The fraction of sp³-hybridized carbons (Fsp3) is 0.500. The number of hydrogen-bond acceptors (Lipinski definition) is 3. The average molecular weight is 340 g/mol. The van der Waals surface area contributed by atoms with Gasteiger partial charge >= 0.3 is 0 Å². The van der Waals surface area contributed by atoms with Crippen LogP contribution in [0.5, 0.6) is 0 Å². The molecular weight excluding hydrogens is 312 g/mol. The highest BCUT2D eigenvalue weighted by molar-refractivity contribution is 5.92. The van der Waals surface area contributed by atoms with E-state index in [1.165, 1.54) is 18.4 Å². The highest BCUT2D eigenvalue weighted by atomic mass is 16.1. The number of carbonyl (C=O) groups excluding carboxylic acids is 1. The van der Waals surface area contributed by atoms with Gasteiger partial charge in [-0.1, -0.05) is 43.7 Å². The van der Waals surface area contributed by atoms with Crippen molar-refractivity contribution in [3.63, 3.8) is 0 Å². The van der Waals surface area contributed by atoms with Crippen LogP contribution in [-0.2, 0) is 6.42 Å². The number of nitrogens with zero attached hydrogens (tertiary/aromatic N) is 2. The first-order valence-corrected chi connectivity index (χ1v) is 9.36. The summed E-state index contributed by atoms with van der Waals surface area (Å²) in [6.07, 6.45) is 4.43. The van der Waals surface area contributed by atoms with Crippen molar-refractivity contribution in [2.24, 2.45) is 0 Å². The Hall–Kier alpha value is -2.14. The van der Waals surface area contributed by atoms with Crippen LogP contribution < -0.4 is 5.32 Å². The second kappa shape index (κ2) is 8.81. The third-order valence-electron chi connectivity index (χ3n) is 4.87. The first kappa shape index (κ1) is 17.7. The quantitative estimate of drug-likeness (QED) is 0.814. The largest absolute Gasteiger partial charge is 0.349 e. The summed E-state index contributed by atoms with van der Waals surface area (Å²) < 4.78 is 0. The first-order chi connectivity index (χ1) is 12.3. The fourth-order valence-corrected chi connectivity index (χ4v) is 3.55. The predicted octanol–water partition coefficient (Wildman–Crippen LogP) is 2.97. The van der Waals surface area contributed by atoms with E-state index in [4.69, 9.17) is 0 Å². The Labute approximate surface area is 149 Å². The first-order valence-electron chi connectivity index (χ1n) is 9.36. The van der Waals surface area contributed by atoms with Crippen LogP contribution in [0.3, 0.4) is 0 Å². The van der Waals surface area contributed by atoms with Crippen LogP contribution in [0.25, 0.3) is 0 Å². The molecule has 0 saturated carbocycles. The van der Waals surface area contributed by atoms with E-state index in [2.05, 4.69) is 57.7 Å². The summed E-state index contributed by atoms with van der Waals surface area (Å²) >= 11 is 0. The van der Waals surface area contributed by atoms with Crippen LogP contribution in [0.15, 0.2) is 36.4 Å². The number of aromatic amines is 1. The Bertz CT molecular complexity index is 667. The summed E-state index contributed by atoms with van der Waals surface area (Å²) in [5.74, 6) is 0.517. The van der Waals surface area contributed by atoms with E-state index >= 15 is 0 Å². The van der Waals surface area contributed by atoms with Gasteiger partial charge in [-0.05, 0) is 43.4 Å². The van der Waals surface area contributed by atoms with E-state index in [0.717, 1.165) is 38.2 Å². The second-order valence-electron chi connectivity index (χ2n) is 6.83. The number of piperidine rings is 1. The highest BCUT2D eigenvalue weighted by Crippen LogP contribution is 2.26. The number of benzene rings is 1. The molecule has 0 aliphatic carbocycles. The van der Waals surface area contributed by atoms with E-state index < -0.39 is 0 Å². The molecule has 1 aromatic carbocycles. The van der Waals surface area contributed by atoms with Gasteiger partial charge in [0.15, 0.2) is 0 Å². The van der Waals surface area contributed by atoms with Crippen molar-refractivity contribution >= 4 is 5.91 Å². The van der Waals surface area contributed by atoms with E-state index in [-0.39, 0.29) is 5.91 Å². The Morgan fingerprint density at radius 3 is 3.00 bits per heavy atom. The number of nitrogens with one attached hydrogen (secondary N) is 2. The maximum absolute atomic E-state index is 12.2. The molecule has 0 bridgehead atoms. The van der Waals surface area contributed by atoms with Crippen molar-refractivity contribution in [2.75, 3.05) is 26.2 Å². The van der Waals surface area contributed by atoms with E-state index in [1.807, 2.05) is 6.07 Å². The SMILES string of the molecule is CCCc1cc(C(=O)NCCN2CCC[C@@H](c3ccccc3)C2)n[nH]1. The molecule has 3 rings (SSSR count). The fourth-order valence-electron chi connectivity index (χ4n) is 3.55. The van der Waals surface area contributed by atoms with Gasteiger partial charge in [-0.25, -0.2) is 0 Å². The lowest BCUT2D eigenvalue weighted by Crippen LogP contribution is -2.40. The van der Waals surface area contributed by atoms with Crippen LogP contribution in [0.1, 0.15) is 53.8 Å². The highest BCUT2D eigenvalue weighted by Gasteiger charge is 2.21. The number of carbonyl (C=O) groups is 1. The van der Waals surface area contributed by atoms with Gasteiger partial charge in [-0.3, -0.25) is 9.89 Å². The zero-order valence-corrected chi connectivity index (χ0v) is 15.0.